The van der Waals surface area contributed by atoms with Crippen LogP contribution in [0.2, 0.25) is 0 Å². The molecule has 0 radical (unpaired) electrons. The van der Waals surface area contributed by atoms with Crippen molar-refractivity contribution in [2.45, 2.75) is 33.2 Å². The SMILES string of the molecule is Cc1ccc(CC(=O)NC(C)c2ccc(F)cc2)c(C)c1. The van der Waals surface area contributed by atoms with Crippen molar-refractivity contribution in [3.63, 3.8) is 0 Å². The third kappa shape index (κ3) is 4.15. The normalized spacial score (nSPS) is 12.0. The summed E-state index contributed by atoms with van der Waals surface area (Å²) in [5.74, 6) is -0.300. The van der Waals surface area contributed by atoms with E-state index in [0.717, 1.165) is 16.7 Å². The van der Waals surface area contributed by atoms with Crippen LogP contribution in [-0.2, 0) is 11.2 Å². The molecule has 1 unspecified atom stereocenters. The molecular formula is C18H20FNO. The smallest absolute Gasteiger partial charge is 0.224 e. The summed E-state index contributed by atoms with van der Waals surface area (Å²) in [7, 11) is 0. The number of hydrogen-bond donors (Lipinski definition) is 1. The van der Waals surface area contributed by atoms with Crippen LogP contribution in [0.3, 0.4) is 0 Å². The van der Waals surface area contributed by atoms with E-state index >= 15 is 0 Å². The van der Waals surface area contributed by atoms with Crippen molar-refractivity contribution in [3.05, 3.63) is 70.5 Å². The zero-order chi connectivity index (χ0) is 15.4. The van der Waals surface area contributed by atoms with E-state index in [1.807, 2.05) is 32.9 Å². The molecule has 3 heteroatoms. The summed E-state index contributed by atoms with van der Waals surface area (Å²) >= 11 is 0. The van der Waals surface area contributed by atoms with E-state index in [0.29, 0.717) is 6.42 Å². The maximum absolute atomic E-state index is 12.9. The molecule has 2 nitrogen and oxygen atoms in total. The molecule has 2 aromatic rings. The highest BCUT2D eigenvalue weighted by atomic mass is 19.1. The van der Waals surface area contributed by atoms with Gasteiger partial charge in [0.15, 0.2) is 0 Å². The van der Waals surface area contributed by atoms with E-state index < -0.39 is 0 Å². The first kappa shape index (κ1) is 15.2. The first-order valence-corrected chi connectivity index (χ1v) is 7.06. The molecule has 0 bridgehead atoms. The Balaban J connectivity index is 1.99. The van der Waals surface area contributed by atoms with Crippen molar-refractivity contribution in [1.29, 1.82) is 0 Å². The minimum absolute atomic E-state index is 0.0289. The fraction of sp³-hybridized carbons (Fsp3) is 0.278. The molecule has 0 heterocycles. The molecular weight excluding hydrogens is 265 g/mol. The van der Waals surface area contributed by atoms with Crippen LogP contribution in [0.5, 0.6) is 0 Å². The van der Waals surface area contributed by atoms with Crippen molar-refractivity contribution >= 4 is 5.91 Å². The minimum atomic E-state index is -0.271. The van der Waals surface area contributed by atoms with Crippen molar-refractivity contribution in [2.24, 2.45) is 0 Å². The van der Waals surface area contributed by atoms with Gasteiger partial charge in [0.25, 0.3) is 0 Å². The molecule has 1 atom stereocenters. The first-order chi connectivity index (χ1) is 9.95. The maximum atomic E-state index is 12.9. The molecule has 2 aromatic carbocycles. The Bertz CT molecular complexity index is 634. The van der Waals surface area contributed by atoms with Crippen LogP contribution >= 0.6 is 0 Å². The van der Waals surface area contributed by atoms with E-state index in [1.54, 1.807) is 12.1 Å². The van der Waals surface area contributed by atoms with E-state index in [9.17, 15) is 9.18 Å². The van der Waals surface area contributed by atoms with Crippen LogP contribution in [0.15, 0.2) is 42.5 Å². The topological polar surface area (TPSA) is 29.1 Å². The van der Waals surface area contributed by atoms with Crippen LogP contribution in [0.4, 0.5) is 4.39 Å². The number of rotatable bonds is 4. The van der Waals surface area contributed by atoms with Gasteiger partial charge in [-0.05, 0) is 49.6 Å². The van der Waals surface area contributed by atoms with Crippen molar-refractivity contribution < 1.29 is 9.18 Å². The Morgan fingerprint density at radius 3 is 2.43 bits per heavy atom. The molecule has 0 spiro atoms. The van der Waals surface area contributed by atoms with E-state index in [-0.39, 0.29) is 17.8 Å². The molecule has 0 aliphatic rings. The van der Waals surface area contributed by atoms with Crippen molar-refractivity contribution in [3.8, 4) is 0 Å². The Morgan fingerprint density at radius 2 is 1.81 bits per heavy atom. The second kappa shape index (κ2) is 6.53. The van der Waals surface area contributed by atoms with Crippen LogP contribution < -0.4 is 5.32 Å². The number of carbonyl (C=O) groups is 1. The van der Waals surface area contributed by atoms with Gasteiger partial charge >= 0.3 is 0 Å². The largest absolute Gasteiger partial charge is 0.349 e. The monoisotopic (exact) mass is 285 g/mol. The quantitative estimate of drug-likeness (QED) is 0.908. The molecule has 21 heavy (non-hydrogen) atoms. The number of halogens is 1. The summed E-state index contributed by atoms with van der Waals surface area (Å²) in [6.45, 7) is 5.94. The Morgan fingerprint density at radius 1 is 1.14 bits per heavy atom. The van der Waals surface area contributed by atoms with Crippen LogP contribution in [0.25, 0.3) is 0 Å². The standard InChI is InChI=1S/C18H20FNO/c1-12-4-5-16(13(2)10-12)11-18(21)20-14(3)15-6-8-17(19)9-7-15/h4-10,14H,11H2,1-3H3,(H,20,21). The molecule has 0 saturated carbocycles. The Kier molecular flexibility index (Phi) is 4.73. The molecule has 110 valence electrons. The van der Waals surface area contributed by atoms with Crippen LogP contribution in [0.1, 0.15) is 35.2 Å². The van der Waals surface area contributed by atoms with Gasteiger partial charge in [-0.25, -0.2) is 4.39 Å². The summed E-state index contributed by atoms with van der Waals surface area (Å²) < 4.78 is 12.9. The number of hydrogen-bond acceptors (Lipinski definition) is 1. The number of nitrogens with one attached hydrogen (secondary N) is 1. The van der Waals surface area contributed by atoms with E-state index in [2.05, 4.69) is 11.4 Å². The Hall–Kier alpha value is -2.16. The average molecular weight is 285 g/mol. The Labute approximate surface area is 125 Å². The molecule has 1 N–H and O–H groups in total. The summed E-state index contributed by atoms with van der Waals surface area (Å²) in [6, 6.07) is 12.1. The maximum Gasteiger partial charge on any atom is 0.224 e. The predicted octanol–water partition coefficient (Wildman–Crippen LogP) is 3.86. The highest BCUT2D eigenvalue weighted by Crippen LogP contribution is 2.15. The molecule has 0 fully saturated rings. The summed E-state index contributed by atoms with van der Waals surface area (Å²) in [6.07, 6.45) is 0.359. The molecule has 0 aromatic heterocycles. The average Bonchev–Trinajstić information content (AvgIpc) is 2.42. The van der Waals surface area contributed by atoms with Gasteiger partial charge in [0.1, 0.15) is 5.82 Å². The highest BCUT2D eigenvalue weighted by Gasteiger charge is 2.11. The molecule has 2 rings (SSSR count). The minimum Gasteiger partial charge on any atom is -0.349 e. The van der Waals surface area contributed by atoms with Gasteiger partial charge in [0, 0.05) is 0 Å². The van der Waals surface area contributed by atoms with Gasteiger partial charge in [-0.3, -0.25) is 4.79 Å². The molecule has 0 saturated heterocycles. The fourth-order valence-electron chi connectivity index (χ4n) is 2.34. The third-order valence-electron chi connectivity index (χ3n) is 3.60. The number of benzene rings is 2. The van der Waals surface area contributed by atoms with Gasteiger partial charge in [0.2, 0.25) is 5.91 Å². The van der Waals surface area contributed by atoms with Gasteiger partial charge < -0.3 is 5.32 Å². The molecule has 1 amide bonds. The summed E-state index contributed by atoms with van der Waals surface area (Å²) in [5.41, 5.74) is 4.24. The first-order valence-electron chi connectivity index (χ1n) is 7.06. The molecule has 0 aliphatic carbocycles. The summed E-state index contributed by atoms with van der Waals surface area (Å²) in [4.78, 5) is 12.1. The highest BCUT2D eigenvalue weighted by molar-refractivity contribution is 5.79. The van der Waals surface area contributed by atoms with Crippen LogP contribution in [-0.4, -0.2) is 5.91 Å². The second-order valence-corrected chi connectivity index (χ2v) is 5.45. The van der Waals surface area contributed by atoms with Gasteiger partial charge in [0.05, 0.1) is 12.5 Å². The van der Waals surface area contributed by atoms with Crippen molar-refractivity contribution in [1.82, 2.24) is 5.32 Å². The number of aryl methyl sites for hydroxylation is 2. The van der Waals surface area contributed by atoms with Gasteiger partial charge in [-0.15, -0.1) is 0 Å². The third-order valence-corrected chi connectivity index (χ3v) is 3.60. The lowest BCUT2D eigenvalue weighted by molar-refractivity contribution is -0.121. The van der Waals surface area contributed by atoms with Gasteiger partial charge in [-0.2, -0.15) is 0 Å². The molecule has 0 aliphatic heterocycles. The fourth-order valence-corrected chi connectivity index (χ4v) is 2.34. The van der Waals surface area contributed by atoms with Crippen molar-refractivity contribution in [2.75, 3.05) is 0 Å². The zero-order valence-corrected chi connectivity index (χ0v) is 12.6. The van der Waals surface area contributed by atoms with E-state index in [4.69, 9.17) is 0 Å². The number of amides is 1. The second-order valence-electron chi connectivity index (χ2n) is 5.45. The zero-order valence-electron chi connectivity index (χ0n) is 12.6. The number of carbonyl (C=O) groups excluding carboxylic acids is 1. The van der Waals surface area contributed by atoms with Crippen LogP contribution in [0, 0.1) is 19.7 Å². The lowest BCUT2D eigenvalue weighted by atomic mass is 10.0. The lowest BCUT2D eigenvalue weighted by Crippen LogP contribution is -2.28. The van der Waals surface area contributed by atoms with Gasteiger partial charge in [-0.1, -0.05) is 35.9 Å². The predicted molar refractivity (Wildman–Crippen MR) is 82.6 cm³/mol. The lowest BCUT2D eigenvalue weighted by Gasteiger charge is -2.15. The van der Waals surface area contributed by atoms with E-state index in [1.165, 1.54) is 17.7 Å². The summed E-state index contributed by atoms with van der Waals surface area (Å²) in [5, 5.41) is 2.94.